The van der Waals surface area contributed by atoms with Gasteiger partial charge in [-0.05, 0) is 59.2 Å². The van der Waals surface area contributed by atoms with Gasteiger partial charge in [0.1, 0.15) is 0 Å². The lowest BCUT2D eigenvalue weighted by molar-refractivity contribution is 0.0980. The predicted molar refractivity (Wildman–Crippen MR) is 140 cm³/mol. The normalized spacial score (nSPS) is 15.1. The number of benzene rings is 3. The first-order valence-corrected chi connectivity index (χ1v) is 12.2. The van der Waals surface area contributed by atoms with Gasteiger partial charge in [0, 0.05) is 30.8 Å². The Kier molecular flexibility index (Phi) is 6.26. The molecule has 3 aromatic rings. The Morgan fingerprint density at radius 2 is 1.45 bits per heavy atom. The van der Waals surface area contributed by atoms with Crippen molar-refractivity contribution >= 4 is 29.2 Å². The minimum Gasteiger partial charge on any atom is -0.371 e. The smallest absolute Gasteiger partial charge is 0.162 e. The lowest BCUT2D eigenvalue weighted by Gasteiger charge is -2.32. The molecule has 0 radical (unpaired) electrons. The minimum absolute atomic E-state index is 0.262. The predicted octanol–water partition coefficient (Wildman–Crippen LogP) is 7.65. The molecule has 1 aliphatic heterocycles. The van der Waals surface area contributed by atoms with E-state index in [0.717, 1.165) is 44.3 Å². The number of hydrogen-bond donors (Lipinski definition) is 0. The minimum atomic E-state index is 0.262. The molecule has 0 N–H and O–H groups in total. The molecule has 3 aromatic carbocycles. The van der Waals surface area contributed by atoms with E-state index in [2.05, 4.69) is 84.6 Å². The summed E-state index contributed by atoms with van der Waals surface area (Å²) in [5, 5.41) is 0. The second-order valence-corrected chi connectivity index (χ2v) is 9.05. The average Bonchev–Trinajstić information content (AvgIpc) is 3.04. The average molecular weight is 434 g/mol. The van der Waals surface area contributed by atoms with Crippen LogP contribution >= 0.6 is 0 Å². The number of fused-ring (bicyclic) bond motifs is 2. The number of Topliss-reactive ketones (excluding diaryl/α,β-unsaturated/α-hetero) is 1. The lowest BCUT2D eigenvalue weighted by Crippen LogP contribution is -2.31. The van der Waals surface area contributed by atoms with E-state index in [4.69, 9.17) is 0 Å². The summed E-state index contributed by atoms with van der Waals surface area (Å²) in [6.07, 6.45) is 9.22. The van der Waals surface area contributed by atoms with Crippen molar-refractivity contribution < 1.29 is 4.79 Å². The molecule has 0 atom stereocenters. The van der Waals surface area contributed by atoms with Crippen LogP contribution in [-0.2, 0) is 0 Å². The maximum atomic E-state index is 12.5. The van der Waals surface area contributed by atoms with Gasteiger partial charge in [-0.25, -0.2) is 0 Å². The molecule has 0 aromatic heterocycles. The SMILES string of the molecule is CCCCC(=O)c1cccc(N2CCC(=C3c4ccccc4C=Cc4ccccc43)CC2)c1. The number of piperidine rings is 1. The summed E-state index contributed by atoms with van der Waals surface area (Å²) in [6.45, 7) is 4.08. The summed E-state index contributed by atoms with van der Waals surface area (Å²) >= 11 is 0. The van der Waals surface area contributed by atoms with Crippen molar-refractivity contribution in [2.45, 2.75) is 39.0 Å². The Labute approximate surface area is 197 Å². The highest BCUT2D eigenvalue weighted by atomic mass is 16.1. The van der Waals surface area contributed by atoms with Crippen LogP contribution in [0, 0.1) is 0 Å². The zero-order valence-electron chi connectivity index (χ0n) is 19.4. The standard InChI is InChI=1S/C31H31NO/c1-2-3-15-30(33)26-11-8-12-27(22-26)32-20-18-25(19-21-32)31-28-13-6-4-9-23(28)16-17-24-10-5-7-14-29(24)31/h4-14,16-17,22H,2-3,15,18-21H2,1H3. The van der Waals surface area contributed by atoms with Crippen LogP contribution in [0.3, 0.4) is 0 Å². The van der Waals surface area contributed by atoms with E-state index < -0.39 is 0 Å². The molecule has 2 heteroatoms. The van der Waals surface area contributed by atoms with Gasteiger partial charge >= 0.3 is 0 Å². The van der Waals surface area contributed by atoms with Crippen LogP contribution in [0.25, 0.3) is 17.7 Å². The molecular weight excluding hydrogens is 402 g/mol. The number of unbranched alkanes of at least 4 members (excludes halogenated alkanes) is 1. The van der Waals surface area contributed by atoms with E-state index in [1.807, 2.05) is 12.1 Å². The summed E-state index contributed by atoms with van der Waals surface area (Å²) in [7, 11) is 0. The van der Waals surface area contributed by atoms with E-state index in [1.165, 1.54) is 39.1 Å². The van der Waals surface area contributed by atoms with Gasteiger partial charge < -0.3 is 4.90 Å². The van der Waals surface area contributed by atoms with E-state index in [9.17, 15) is 4.79 Å². The molecule has 0 amide bonds. The Hall–Kier alpha value is -3.39. The summed E-state index contributed by atoms with van der Waals surface area (Å²) in [4.78, 5) is 15.0. The summed E-state index contributed by atoms with van der Waals surface area (Å²) in [6, 6.07) is 25.8. The molecule has 1 aliphatic carbocycles. The number of anilines is 1. The Morgan fingerprint density at radius 3 is 2.09 bits per heavy atom. The summed E-state index contributed by atoms with van der Waals surface area (Å²) in [5.74, 6) is 0.262. The molecule has 0 saturated carbocycles. The molecule has 1 heterocycles. The van der Waals surface area contributed by atoms with Gasteiger partial charge in [0.15, 0.2) is 5.78 Å². The van der Waals surface area contributed by atoms with Gasteiger partial charge in [0.05, 0.1) is 0 Å². The maximum absolute atomic E-state index is 12.5. The van der Waals surface area contributed by atoms with E-state index in [1.54, 1.807) is 0 Å². The first-order valence-electron chi connectivity index (χ1n) is 12.2. The molecule has 0 unspecified atom stereocenters. The van der Waals surface area contributed by atoms with Crippen molar-refractivity contribution in [1.29, 1.82) is 0 Å². The zero-order valence-corrected chi connectivity index (χ0v) is 19.4. The van der Waals surface area contributed by atoms with Crippen molar-refractivity contribution in [3.8, 4) is 0 Å². The first kappa shape index (κ1) is 21.5. The van der Waals surface area contributed by atoms with Gasteiger partial charge in [-0.15, -0.1) is 0 Å². The van der Waals surface area contributed by atoms with E-state index in [-0.39, 0.29) is 5.78 Å². The van der Waals surface area contributed by atoms with Crippen LogP contribution < -0.4 is 4.90 Å². The third kappa shape index (κ3) is 4.43. The lowest BCUT2D eigenvalue weighted by atomic mass is 9.86. The van der Waals surface area contributed by atoms with E-state index >= 15 is 0 Å². The molecular formula is C31H31NO. The Bertz CT molecular complexity index is 1170. The van der Waals surface area contributed by atoms with Crippen LogP contribution in [0.4, 0.5) is 5.69 Å². The third-order valence-electron chi connectivity index (χ3n) is 6.91. The van der Waals surface area contributed by atoms with Gasteiger partial charge in [-0.1, -0.05) is 91.7 Å². The van der Waals surface area contributed by atoms with Crippen molar-refractivity contribution in [2.24, 2.45) is 0 Å². The van der Waals surface area contributed by atoms with Crippen molar-refractivity contribution in [2.75, 3.05) is 18.0 Å². The van der Waals surface area contributed by atoms with Crippen LogP contribution in [0.1, 0.15) is 71.6 Å². The van der Waals surface area contributed by atoms with Gasteiger partial charge in [0.25, 0.3) is 0 Å². The van der Waals surface area contributed by atoms with Crippen molar-refractivity contribution in [3.63, 3.8) is 0 Å². The van der Waals surface area contributed by atoms with Crippen LogP contribution in [-0.4, -0.2) is 18.9 Å². The zero-order chi connectivity index (χ0) is 22.6. The van der Waals surface area contributed by atoms with Crippen molar-refractivity contribution in [3.05, 3.63) is 106 Å². The molecule has 5 rings (SSSR count). The highest BCUT2D eigenvalue weighted by molar-refractivity contribution is 5.97. The number of carbonyl (C=O) groups excluding carboxylic acids is 1. The van der Waals surface area contributed by atoms with Gasteiger partial charge in [-0.2, -0.15) is 0 Å². The molecule has 1 saturated heterocycles. The maximum Gasteiger partial charge on any atom is 0.162 e. The van der Waals surface area contributed by atoms with E-state index in [0.29, 0.717) is 6.42 Å². The van der Waals surface area contributed by atoms with Crippen LogP contribution in [0.2, 0.25) is 0 Å². The molecule has 2 nitrogen and oxygen atoms in total. The monoisotopic (exact) mass is 433 g/mol. The van der Waals surface area contributed by atoms with Crippen molar-refractivity contribution in [1.82, 2.24) is 0 Å². The fourth-order valence-corrected chi connectivity index (χ4v) is 5.09. The second kappa shape index (κ2) is 9.62. The van der Waals surface area contributed by atoms with Crippen LogP contribution in [0.15, 0.2) is 78.4 Å². The quantitative estimate of drug-likeness (QED) is 0.301. The number of carbonyl (C=O) groups is 1. The summed E-state index contributed by atoms with van der Waals surface area (Å²) < 4.78 is 0. The number of ketones is 1. The Balaban J connectivity index is 1.43. The summed E-state index contributed by atoms with van der Waals surface area (Å²) in [5.41, 5.74) is 10.2. The highest BCUT2D eigenvalue weighted by Gasteiger charge is 2.23. The largest absolute Gasteiger partial charge is 0.371 e. The molecule has 33 heavy (non-hydrogen) atoms. The highest BCUT2D eigenvalue weighted by Crippen LogP contribution is 2.39. The second-order valence-electron chi connectivity index (χ2n) is 9.05. The molecule has 0 spiro atoms. The Morgan fingerprint density at radius 1 is 0.818 bits per heavy atom. The fourth-order valence-electron chi connectivity index (χ4n) is 5.09. The third-order valence-corrected chi connectivity index (χ3v) is 6.91. The van der Waals surface area contributed by atoms with Gasteiger partial charge in [0.2, 0.25) is 0 Å². The number of rotatable bonds is 5. The first-order chi connectivity index (χ1) is 16.2. The number of nitrogens with zero attached hydrogens (tertiary/aromatic N) is 1. The molecule has 0 bridgehead atoms. The molecule has 166 valence electrons. The van der Waals surface area contributed by atoms with Crippen LogP contribution in [0.5, 0.6) is 0 Å². The fraction of sp³-hybridized carbons (Fsp3) is 0.258. The molecule has 1 fully saturated rings. The molecule has 2 aliphatic rings. The van der Waals surface area contributed by atoms with Gasteiger partial charge in [-0.3, -0.25) is 4.79 Å². The number of hydrogen-bond acceptors (Lipinski definition) is 2. The topological polar surface area (TPSA) is 20.3 Å².